The number of nitrogens with one attached hydrogen (secondary N) is 1. The van der Waals surface area contributed by atoms with Gasteiger partial charge in [0.05, 0.1) is 16.8 Å². The Morgan fingerprint density at radius 3 is 2.28 bits per heavy atom. The van der Waals surface area contributed by atoms with Gasteiger partial charge in [0.2, 0.25) is 0 Å². The molecule has 0 atom stereocenters. The third-order valence-electron chi connectivity index (χ3n) is 7.07. The van der Waals surface area contributed by atoms with Gasteiger partial charge in [-0.25, -0.2) is 13.8 Å². The molecular formula is C35H33N3O4S. The second kappa shape index (κ2) is 12.9. The lowest BCUT2D eigenvalue weighted by Crippen LogP contribution is -2.40. The highest BCUT2D eigenvalue weighted by Crippen LogP contribution is 2.28. The number of rotatable bonds is 10. The smallest absolute Gasteiger partial charge is 0.264 e. The highest BCUT2D eigenvalue weighted by atomic mass is 32.2. The van der Waals surface area contributed by atoms with Crippen molar-refractivity contribution in [2.75, 3.05) is 10.8 Å². The summed E-state index contributed by atoms with van der Waals surface area (Å²) in [5.41, 5.74) is 7.43. The summed E-state index contributed by atoms with van der Waals surface area (Å²) in [5, 5.41) is 6.39. The summed E-state index contributed by atoms with van der Waals surface area (Å²) in [7, 11) is -4.01. The van der Waals surface area contributed by atoms with E-state index in [0.717, 1.165) is 37.5 Å². The second-order valence-corrected chi connectivity index (χ2v) is 12.3. The Hall–Kier alpha value is -4.95. The maximum absolute atomic E-state index is 13.6. The number of benzene rings is 5. The van der Waals surface area contributed by atoms with Gasteiger partial charge in [0.1, 0.15) is 18.9 Å². The van der Waals surface area contributed by atoms with Crippen LogP contribution in [-0.2, 0) is 21.4 Å². The zero-order valence-corrected chi connectivity index (χ0v) is 25.1. The normalized spacial score (nSPS) is 11.5. The van der Waals surface area contributed by atoms with Crippen molar-refractivity contribution in [3.8, 4) is 5.75 Å². The summed E-state index contributed by atoms with van der Waals surface area (Å²) in [6.45, 7) is 5.65. The second-order valence-electron chi connectivity index (χ2n) is 10.4. The third kappa shape index (κ3) is 7.10. The lowest BCUT2D eigenvalue weighted by Gasteiger charge is -2.25. The Bertz CT molecular complexity index is 1880. The average molecular weight is 592 g/mol. The van der Waals surface area contributed by atoms with E-state index in [4.69, 9.17) is 4.74 Å². The molecule has 218 valence electrons. The molecule has 0 saturated heterocycles. The number of ether oxygens (including phenoxy) is 1. The zero-order valence-electron chi connectivity index (χ0n) is 24.3. The molecule has 0 bridgehead atoms. The van der Waals surface area contributed by atoms with Crippen LogP contribution in [0, 0.1) is 20.8 Å². The molecule has 0 radical (unpaired) electrons. The molecule has 0 unspecified atom stereocenters. The van der Waals surface area contributed by atoms with Crippen molar-refractivity contribution < 1.29 is 17.9 Å². The van der Waals surface area contributed by atoms with E-state index < -0.39 is 22.5 Å². The molecular weight excluding hydrogens is 558 g/mol. The molecule has 1 N–H and O–H groups in total. The molecule has 8 heteroatoms. The Morgan fingerprint density at radius 1 is 0.837 bits per heavy atom. The fourth-order valence-electron chi connectivity index (χ4n) is 4.80. The minimum absolute atomic E-state index is 0.108. The van der Waals surface area contributed by atoms with Crippen LogP contribution in [0.4, 0.5) is 5.69 Å². The van der Waals surface area contributed by atoms with Crippen molar-refractivity contribution in [2.45, 2.75) is 32.3 Å². The number of sulfonamides is 1. The minimum Gasteiger partial charge on any atom is -0.489 e. The maximum Gasteiger partial charge on any atom is 0.264 e. The summed E-state index contributed by atoms with van der Waals surface area (Å²) in [6, 6.07) is 33.7. The van der Waals surface area contributed by atoms with E-state index in [9.17, 15) is 13.2 Å². The summed E-state index contributed by atoms with van der Waals surface area (Å²) in [4.78, 5) is 13.1. The molecule has 7 nitrogen and oxygen atoms in total. The van der Waals surface area contributed by atoms with Crippen LogP contribution in [0.3, 0.4) is 0 Å². The third-order valence-corrected chi connectivity index (χ3v) is 8.85. The number of aryl methyl sites for hydroxylation is 3. The first-order valence-electron chi connectivity index (χ1n) is 13.9. The number of nitrogens with zero attached hydrogens (tertiary/aromatic N) is 2. The number of carbonyl (C=O) groups is 1. The van der Waals surface area contributed by atoms with Gasteiger partial charge in [-0.1, -0.05) is 77.9 Å². The standard InChI is InChI=1S/C35H33N3O4S/c1-25-11-18-32(19-12-25)43(40,41)38(34-20-13-26(2)21-27(34)3)23-35(39)37-36-22-28-14-16-31(17-15-28)42-24-30-9-6-8-29-7-4-5-10-33(29)30/h4-22H,23-24H2,1-3H3,(H,37,39)/b36-22-. The van der Waals surface area contributed by atoms with Gasteiger partial charge in [-0.05, 0) is 90.7 Å². The van der Waals surface area contributed by atoms with Crippen LogP contribution in [0.25, 0.3) is 10.8 Å². The van der Waals surface area contributed by atoms with Crippen LogP contribution in [0.15, 0.2) is 119 Å². The largest absolute Gasteiger partial charge is 0.489 e. The van der Waals surface area contributed by atoms with E-state index in [-0.39, 0.29) is 4.90 Å². The fraction of sp³-hybridized carbons (Fsp3) is 0.143. The van der Waals surface area contributed by atoms with Crippen molar-refractivity contribution in [1.82, 2.24) is 5.43 Å². The minimum atomic E-state index is -4.01. The van der Waals surface area contributed by atoms with Crippen molar-refractivity contribution >= 4 is 38.6 Å². The number of hydrogen-bond acceptors (Lipinski definition) is 5. The fourth-order valence-corrected chi connectivity index (χ4v) is 6.28. The molecule has 0 heterocycles. The van der Waals surface area contributed by atoms with Crippen molar-refractivity contribution in [2.24, 2.45) is 5.10 Å². The van der Waals surface area contributed by atoms with Crippen LogP contribution in [0.2, 0.25) is 0 Å². The number of fused-ring (bicyclic) bond motifs is 1. The highest BCUT2D eigenvalue weighted by molar-refractivity contribution is 7.92. The van der Waals surface area contributed by atoms with E-state index in [1.807, 2.05) is 75.4 Å². The van der Waals surface area contributed by atoms with Gasteiger partial charge in [0.15, 0.2) is 0 Å². The van der Waals surface area contributed by atoms with E-state index in [2.05, 4.69) is 34.8 Å². The Labute approximate surface area is 252 Å². The van der Waals surface area contributed by atoms with E-state index >= 15 is 0 Å². The van der Waals surface area contributed by atoms with E-state index in [0.29, 0.717) is 18.0 Å². The number of carbonyl (C=O) groups excluding carboxylic acids is 1. The van der Waals surface area contributed by atoms with Crippen LogP contribution in [0.1, 0.15) is 27.8 Å². The molecule has 5 aromatic rings. The molecule has 43 heavy (non-hydrogen) atoms. The van der Waals surface area contributed by atoms with Crippen molar-refractivity contribution in [1.29, 1.82) is 0 Å². The molecule has 0 aliphatic rings. The predicted octanol–water partition coefficient (Wildman–Crippen LogP) is 6.69. The summed E-state index contributed by atoms with van der Waals surface area (Å²) < 4.78 is 34.4. The molecule has 0 spiro atoms. The van der Waals surface area contributed by atoms with Crippen LogP contribution < -0.4 is 14.5 Å². The quantitative estimate of drug-likeness (QED) is 0.145. The van der Waals surface area contributed by atoms with Gasteiger partial charge >= 0.3 is 0 Å². The zero-order chi connectivity index (χ0) is 30.4. The van der Waals surface area contributed by atoms with E-state index in [1.165, 1.54) is 11.6 Å². The maximum atomic E-state index is 13.6. The van der Waals surface area contributed by atoms with Crippen molar-refractivity contribution in [3.05, 3.63) is 137 Å². The van der Waals surface area contributed by atoms with Crippen LogP contribution in [0.5, 0.6) is 5.75 Å². The number of hydrogen-bond donors (Lipinski definition) is 1. The molecule has 0 fully saturated rings. The molecule has 0 saturated carbocycles. The summed E-state index contributed by atoms with van der Waals surface area (Å²) in [6.07, 6.45) is 1.50. The molecule has 0 aliphatic carbocycles. The van der Waals surface area contributed by atoms with Gasteiger partial charge in [-0.3, -0.25) is 9.10 Å². The predicted molar refractivity (Wildman–Crippen MR) is 172 cm³/mol. The van der Waals surface area contributed by atoms with Crippen molar-refractivity contribution in [3.63, 3.8) is 0 Å². The molecule has 0 aromatic heterocycles. The van der Waals surface area contributed by atoms with Gasteiger partial charge < -0.3 is 4.74 Å². The summed E-state index contributed by atoms with van der Waals surface area (Å²) >= 11 is 0. The van der Waals surface area contributed by atoms with Crippen LogP contribution >= 0.6 is 0 Å². The van der Waals surface area contributed by atoms with Crippen LogP contribution in [-0.4, -0.2) is 27.1 Å². The Kier molecular flexibility index (Phi) is 8.87. The lowest BCUT2D eigenvalue weighted by molar-refractivity contribution is -0.119. The molecule has 5 aromatic carbocycles. The first kappa shape index (κ1) is 29.5. The molecule has 1 amide bonds. The number of anilines is 1. The monoisotopic (exact) mass is 591 g/mol. The first-order chi connectivity index (χ1) is 20.7. The number of hydrazone groups is 1. The highest BCUT2D eigenvalue weighted by Gasteiger charge is 2.28. The molecule has 0 aliphatic heterocycles. The van der Waals surface area contributed by atoms with Gasteiger partial charge in [-0.2, -0.15) is 5.10 Å². The summed E-state index contributed by atoms with van der Waals surface area (Å²) in [5.74, 6) is 0.140. The Morgan fingerprint density at radius 2 is 1.53 bits per heavy atom. The SMILES string of the molecule is Cc1ccc(S(=O)(=O)N(CC(=O)N/N=C\c2ccc(OCc3cccc4ccccc34)cc2)c2ccc(C)cc2C)cc1. The van der Waals surface area contributed by atoms with Gasteiger partial charge in [0.25, 0.3) is 15.9 Å². The van der Waals surface area contributed by atoms with E-state index in [1.54, 1.807) is 30.3 Å². The lowest BCUT2D eigenvalue weighted by atomic mass is 10.1. The average Bonchev–Trinajstić information content (AvgIpc) is 3.00. The molecule has 5 rings (SSSR count). The van der Waals surface area contributed by atoms with Gasteiger partial charge in [-0.15, -0.1) is 0 Å². The van der Waals surface area contributed by atoms with Gasteiger partial charge in [0, 0.05) is 0 Å². The Balaban J connectivity index is 1.24. The first-order valence-corrected chi connectivity index (χ1v) is 15.3. The topological polar surface area (TPSA) is 88.1 Å². The number of amides is 1.